The van der Waals surface area contributed by atoms with Crippen LogP contribution in [0.1, 0.15) is 43.2 Å². The highest BCUT2D eigenvalue weighted by molar-refractivity contribution is 5.79. The van der Waals surface area contributed by atoms with E-state index in [1.165, 1.54) is 11.1 Å². The van der Waals surface area contributed by atoms with E-state index in [-0.39, 0.29) is 38.0 Å². The number of hydrogen-bond donors (Lipinski definition) is 1. The second-order valence-electron chi connectivity index (χ2n) is 8.19. The van der Waals surface area contributed by atoms with Gasteiger partial charge >= 0.3 is 6.09 Å². The molecule has 0 bridgehead atoms. The van der Waals surface area contributed by atoms with Crippen molar-refractivity contribution < 1.29 is 19.0 Å². The lowest BCUT2D eigenvalue weighted by Crippen LogP contribution is -2.40. The number of nitrogens with zero attached hydrogens (tertiary/aromatic N) is 3. The zero-order valence-electron chi connectivity index (χ0n) is 18.1. The number of amides is 1. The van der Waals surface area contributed by atoms with Gasteiger partial charge in [0.1, 0.15) is 6.61 Å². The number of ether oxygens (including phenoxy) is 3. The van der Waals surface area contributed by atoms with Gasteiger partial charge in [0.15, 0.2) is 6.29 Å². The summed E-state index contributed by atoms with van der Waals surface area (Å²) in [5.74, 6) is 0.000474. The van der Waals surface area contributed by atoms with Gasteiger partial charge in [-0.3, -0.25) is 0 Å². The molecule has 0 aromatic heterocycles. The van der Waals surface area contributed by atoms with Gasteiger partial charge in [0.05, 0.1) is 18.8 Å². The number of rotatable bonds is 8. The Kier molecular flexibility index (Phi) is 7.27. The minimum Gasteiger partial charge on any atom is -0.449 e. The van der Waals surface area contributed by atoms with E-state index >= 15 is 0 Å². The normalized spacial score (nSPS) is 20.5. The Morgan fingerprint density at radius 2 is 1.88 bits per heavy atom. The first kappa shape index (κ1) is 22.1. The molecule has 2 aliphatic rings. The number of nitrogens with one attached hydrogen (secondary N) is 1. The molecular formula is C24H28N4O4. The molecule has 8 heteroatoms. The maximum absolute atomic E-state index is 12.4. The Labute approximate surface area is 187 Å². The predicted octanol–water partition coefficient (Wildman–Crippen LogP) is 5.14. The van der Waals surface area contributed by atoms with Crippen molar-refractivity contribution in [2.75, 3.05) is 19.7 Å². The van der Waals surface area contributed by atoms with Crippen molar-refractivity contribution in [3.8, 4) is 11.1 Å². The van der Waals surface area contributed by atoms with Crippen molar-refractivity contribution in [3.63, 3.8) is 0 Å². The number of carbonyl (C=O) groups excluding carboxylic acids is 1. The lowest BCUT2D eigenvalue weighted by Gasteiger charge is -2.30. The Bertz CT molecular complexity index is 946. The first-order chi connectivity index (χ1) is 15.7. The quantitative estimate of drug-likeness (QED) is 0.351. The van der Waals surface area contributed by atoms with Crippen LogP contribution in [-0.2, 0) is 14.2 Å². The summed E-state index contributed by atoms with van der Waals surface area (Å²) >= 11 is 0. The summed E-state index contributed by atoms with van der Waals surface area (Å²) in [6.07, 6.45) is 1.55. The summed E-state index contributed by atoms with van der Waals surface area (Å²) in [5, 5.41) is 6.34. The molecule has 0 spiro atoms. The molecule has 3 unspecified atom stereocenters. The fourth-order valence-electron chi connectivity index (χ4n) is 4.41. The van der Waals surface area contributed by atoms with E-state index in [4.69, 9.17) is 19.7 Å². The molecular weight excluding hydrogens is 408 g/mol. The summed E-state index contributed by atoms with van der Waals surface area (Å²) < 4.78 is 17.3. The third-order valence-corrected chi connectivity index (χ3v) is 5.95. The number of benzene rings is 2. The summed E-state index contributed by atoms with van der Waals surface area (Å²) in [6, 6.07) is 16.4. The van der Waals surface area contributed by atoms with Crippen LogP contribution >= 0.6 is 0 Å². The van der Waals surface area contributed by atoms with Gasteiger partial charge in [-0.25, -0.2) is 4.79 Å². The average Bonchev–Trinajstić information content (AvgIpc) is 3.13. The van der Waals surface area contributed by atoms with Gasteiger partial charge in [0.2, 0.25) is 0 Å². The maximum atomic E-state index is 12.4. The van der Waals surface area contributed by atoms with Crippen LogP contribution in [0, 0.1) is 0 Å². The predicted molar refractivity (Wildman–Crippen MR) is 120 cm³/mol. The molecule has 1 heterocycles. The van der Waals surface area contributed by atoms with Crippen molar-refractivity contribution in [1.29, 1.82) is 0 Å². The van der Waals surface area contributed by atoms with E-state index in [0.29, 0.717) is 0 Å². The summed E-state index contributed by atoms with van der Waals surface area (Å²) in [5.41, 5.74) is 13.4. The summed E-state index contributed by atoms with van der Waals surface area (Å²) in [7, 11) is 0. The van der Waals surface area contributed by atoms with Crippen LogP contribution in [0.4, 0.5) is 4.79 Å². The monoisotopic (exact) mass is 436 g/mol. The zero-order valence-corrected chi connectivity index (χ0v) is 18.1. The molecule has 32 heavy (non-hydrogen) atoms. The van der Waals surface area contributed by atoms with Crippen molar-refractivity contribution in [3.05, 3.63) is 70.1 Å². The van der Waals surface area contributed by atoms with E-state index in [9.17, 15) is 4.79 Å². The zero-order chi connectivity index (χ0) is 22.3. The van der Waals surface area contributed by atoms with Gasteiger partial charge in [-0.2, -0.15) is 0 Å². The number of fused-ring (bicyclic) bond motifs is 3. The van der Waals surface area contributed by atoms with Gasteiger partial charge < -0.3 is 19.5 Å². The van der Waals surface area contributed by atoms with E-state index < -0.39 is 12.2 Å². The number of alkyl carbamates (subject to hydrolysis) is 1. The van der Waals surface area contributed by atoms with E-state index in [1.54, 1.807) is 0 Å². The van der Waals surface area contributed by atoms with Crippen LogP contribution in [0.25, 0.3) is 21.6 Å². The Hall–Kier alpha value is -3.06. The topological polar surface area (TPSA) is 106 Å². The highest BCUT2D eigenvalue weighted by Crippen LogP contribution is 2.44. The summed E-state index contributed by atoms with van der Waals surface area (Å²) in [6.45, 7) is 2.52. The fraction of sp³-hybridized carbons (Fsp3) is 0.458. The minimum absolute atomic E-state index is 0.000474. The van der Waals surface area contributed by atoms with Gasteiger partial charge in [-0.1, -0.05) is 53.6 Å². The van der Waals surface area contributed by atoms with Crippen molar-refractivity contribution in [2.24, 2.45) is 5.11 Å². The number of carbonyl (C=O) groups is 1. The van der Waals surface area contributed by atoms with Crippen LogP contribution < -0.4 is 5.32 Å². The SMILES string of the molecule is CC1CCCC(OC(CN=[N+]=[N-])CNC(=O)OCC2c3ccccc3-c3ccccc32)O1. The van der Waals surface area contributed by atoms with E-state index in [2.05, 4.69) is 39.6 Å². The molecule has 1 N–H and O–H groups in total. The Morgan fingerprint density at radius 3 is 2.53 bits per heavy atom. The van der Waals surface area contributed by atoms with Crippen molar-refractivity contribution in [2.45, 2.75) is 50.6 Å². The lowest BCUT2D eigenvalue weighted by molar-refractivity contribution is -0.207. The van der Waals surface area contributed by atoms with Crippen LogP contribution in [0.2, 0.25) is 0 Å². The third-order valence-electron chi connectivity index (χ3n) is 5.95. The van der Waals surface area contributed by atoms with Gasteiger partial charge in [-0.15, -0.1) is 0 Å². The Morgan fingerprint density at radius 1 is 1.19 bits per heavy atom. The molecule has 1 fully saturated rings. The molecule has 2 aromatic rings. The standard InChI is InChI=1S/C24H28N4O4/c1-16-7-6-12-23(31-16)32-17(14-27-28-25)13-26-24(29)30-15-22-20-10-4-2-8-18(20)19-9-3-5-11-21(19)22/h2-5,8-11,16-17,22-23H,6-7,12-15H2,1H3,(H,26,29). The molecule has 2 aromatic carbocycles. The van der Waals surface area contributed by atoms with Gasteiger partial charge in [-0.05, 0) is 54.0 Å². The first-order valence-corrected chi connectivity index (χ1v) is 11.1. The van der Waals surface area contributed by atoms with Crippen molar-refractivity contribution >= 4 is 6.09 Å². The van der Waals surface area contributed by atoms with Crippen LogP contribution in [0.5, 0.6) is 0 Å². The molecule has 4 rings (SSSR count). The van der Waals surface area contributed by atoms with Crippen LogP contribution in [0.3, 0.4) is 0 Å². The van der Waals surface area contributed by atoms with E-state index in [0.717, 1.165) is 30.4 Å². The second-order valence-corrected chi connectivity index (χ2v) is 8.19. The largest absolute Gasteiger partial charge is 0.449 e. The molecule has 1 aliphatic heterocycles. The van der Waals surface area contributed by atoms with Crippen molar-refractivity contribution in [1.82, 2.24) is 5.32 Å². The summed E-state index contributed by atoms with van der Waals surface area (Å²) in [4.78, 5) is 15.2. The van der Waals surface area contributed by atoms with Gasteiger partial charge in [0, 0.05) is 17.4 Å². The Balaban J connectivity index is 1.32. The molecule has 0 saturated carbocycles. The number of hydrogen-bond acceptors (Lipinski definition) is 5. The van der Waals surface area contributed by atoms with E-state index in [1.807, 2.05) is 31.2 Å². The first-order valence-electron chi connectivity index (χ1n) is 11.1. The molecule has 1 amide bonds. The lowest BCUT2D eigenvalue weighted by atomic mass is 9.98. The molecule has 1 aliphatic carbocycles. The molecule has 3 atom stereocenters. The smallest absolute Gasteiger partial charge is 0.407 e. The molecule has 1 saturated heterocycles. The maximum Gasteiger partial charge on any atom is 0.407 e. The van der Waals surface area contributed by atoms with Crippen LogP contribution in [0.15, 0.2) is 53.6 Å². The minimum atomic E-state index is -0.528. The number of azide groups is 1. The average molecular weight is 437 g/mol. The molecule has 0 radical (unpaired) electrons. The van der Waals surface area contributed by atoms with Crippen LogP contribution in [-0.4, -0.2) is 44.3 Å². The molecule has 8 nitrogen and oxygen atoms in total. The highest BCUT2D eigenvalue weighted by atomic mass is 16.7. The van der Waals surface area contributed by atoms with Gasteiger partial charge in [0.25, 0.3) is 0 Å². The fourth-order valence-corrected chi connectivity index (χ4v) is 4.41. The second kappa shape index (κ2) is 10.5. The third kappa shape index (κ3) is 5.22. The highest BCUT2D eigenvalue weighted by Gasteiger charge is 2.29. The molecule has 168 valence electrons.